The number of amides is 2. The van der Waals surface area contributed by atoms with Crippen molar-refractivity contribution in [1.82, 2.24) is 10.9 Å². The zero-order chi connectivity index (χ0) is 18.0. The van der Waals surface area contributed by atoms with Crippen molar-refractivity contribution in [3.8, 4) is 5.75 Å². The van der Waals surface area contributed by atoms with E-state index in [2.05, 4.69) is 26.8 Å². The smallest absolute Gasteiger partial charge is 0.273 e. The van der Waals surface area contributed by atoms with E-state index in [0.29, 0.717) is 16.3 Å². The Labute approximate surface area is 158 Å². The average Bonchev–Trinajstić information content (AvgIpc) is 3.40. The summed E-state index contributed by atoms with van der Waals surface area (Å²) in [6.07, 6.45) is 0.771. The minimum absolute atomic E-state index is 0.131. The molecule has 7 heteroatoms. The number of hydrogen-bond donors (Lipinski definition) is 2. The first-order valence-corrected chi connectivity index (χ1v) is 8.86. The van der Waals surface area contributed by atoms with Gasteiger partial charge in [0.2, 0.25) is 5.91 Å². The first-order chi connectivity index (χ1) is 12.0. The van der Waals surface area contributed by atoms with Gasteiger partial charge >= 0.3 is 0 Å². The molecule has 5 nitrogen and oxygen atoms in total. The summed E-state index contributed by atoms with van der Waals surface area (Å²) in [6.45, 7) is 0. The van der Waals surface area contributed by atoms with Gasteiger partial charge in [0.1, 0.15) is 5.75 Å². The fourth-order valence-electron chi connectivity index (χ4n) is 2.69. The zero-order valence-corrected chi connectivity index (χ0v) is 15.7. The Hall–Kier alpha value is -2.05. The van der Waals surface area contributed by atoms with E-state index in [1.807, 2.05) is 24.3 Å². The number of benzene rings is 2. The molecule has 2 atom stereocenters. The van der Waals surface area contributed by atoms with Crippen LogP contribution in [0.1, 0.15) is 28.3 Å². The van der Waals surface area contributed by atoms with E-state index in [0.717, 1.165) is 16.5 Å². The minimum Gasteiger partial charge on any atom is -0.496 e. The van der Waals surface area contributed by atoms with Crippen molar-refractivity contribution >= 4 is 39.3 Å². The van der Waals surface area contributed by atoms with Crippen LogP contribution < -0.4 is 15.6 Å². The van der Waals surface area contributed by atoms with E-state index < -0.39 is 5.91 Å². The minimum atomic E-state index is -0.456. The quantitative estimate of drug-likeness (QED) is 0.737. The lowest BCUT2D eigenvalue weighted by molar-refractivity contribution is -0.123. The van der Waals surface area contributed by atoms with Gasteiger partial charge in [0.15, 0.2) is 0 Å². The van der Waals surface area contributed by atoms with E-state index in [4.69, 9.17) is 16.3 Å². The van der Waals surface area contributed by atoms with Crippen LogP contribution in [0.15, 0.2) is 46.9 Å². The number of nitrogens with one attached hydrogen (secondary N) is 2. The van der Waals surface area contributed by atoms with Gasteiger partial charge in [0, 0.05) is 15.4 Å². The topological polar surface area (TPSA) is 67.4 Å². The van der Waals surface area contributed by atoms with Crippen LogP contribution in [0, 0.1) is 5.92 Å². The molecule has 25 heavy (non-hydrogen) atoms. The van der Waals surface area contributed by atoms with E-state index >= 15 is 0 Å². The van der Waals surface area contributed by atoms with Gasteiger partial charge in [-0.25, -0.2) is 0 Å². The molecule has 1 aliphatic rings. The molecule has 0 spiro atoms. The van der Waals surface area contributed by atoms with Crippen molar-refractivity contribution in [3.05, 3.63) is 63.1 Å². The second-order valence-corrected chi connectivity index (χ2v) is 7.14. The molecule has 2 aromatic carbocycles. The van der Waals surface area contributed by atoms with Gasteiger partial charge in [-0.1, -0.05) is 39.7 Å². The Bertz CT molecular complexity index is 810. The number of hydrazine groups is 1. The van der Waals surface area contributed by atoms with E-state index in [1.165, 1.54) is 7.11 Å². The van der Waals surface area contributed by atoms with Crippen LogP contribution in [0.5, 0.6) is 5.75 Å². The first kappa shape index (κ1) is 17.8. The van der Waals surface area contributed by atoms with Crippen LogP contribution in [0.2, 0.25) is 5.02 Å². The molecule has 2 N–H and O–H groups in total. The highest BCUT2D eigenvalue weighted by Gasteiger charge is 2.44. The molecule has 0 aliphatic heterocycles. The maximum absolute atomic E-state index is 12.2. The van der Waals surface area contributed by atoms with E-state index in [9.17, 15) is 9.59 Å². The number of rotatable bonds is 4. The highest BCUT2D eigenvalue weighted by atomic mass is 79.9. The van der Waals surface area contributed by atoms with Gasteiger partial charge in [0.25, 0.3) is 5.91 Å². The lowest BCUT2D eigenvalue weighted by Gasteiger charge is -2.10. The van der Waals surface area contributed by atoms with E-state index in [1.54, 1.807) is 18.2 Å². The SMILES string of the molecule is COc1cc(Cl)ccc1C(=O)NNC(=O)C1CC1c1ccc(Br)cc1. The molecule has 2 amide bonds. The third-order valence-electron chi connectivity index (χ3n) is 4.13. The highest BCUT2D eigenvalue weighted by Crippen LogP contribution is 2.47. The molecule has 1 fully saturated rings. The van der Waals surface area contributed by atoms with Crippen LogP contribution in [-0.2, 0) is 4.79 Å². The maximum Gasteiger partial charge on any atom is 0.273 e. The predicted molar refractivity (Wildman–Crippen MR) is 98.6 cm³/mol. The van der Waals surface area contributed by atoms with Crippen LogP contribution in [0.3, 0.4) is 0 Å². The van der Waals surface area contributed by atoms with Crippen molar-refractivity contribution < 1.29 is 14.3 Å². The predicted octanol–water partition coefficient (Wildman–Crippen LogP) is 3.68. The lowest BCUT2D eigenvalue weighted by atomic mass is 10.1. The second kappa shape index (κ2) is 7.45. The molecule has 1 aliphatic carbocycles. The molecule has 1 saturated carbocycles. The summed E-state index contributed by atoms with van der Waals surface area (Å²) < 4.78 is 6.14. The number of halogens is 2. The molecule has 0 heterocycles. The summed E-state index contributed by atoms with van der Waals surface area (Å²) in [5, 5.41) is 0.466. The number of carbonyl (C=O) groups excluding carboxylic acids is 2. The number of methoxy groups -OCH3 is 1. The standard InChI is InChI=1S/C18H16BrClN2O3/c1-25-16-8-12(20)6-7-13(16)17(23)21-22-18(24)15-9-14(15)10-2-4-11(19)5-3-10/h2-8,14-15H,9H2,1H3,(H,21,23)(H,22,24). The Morgan fingerprint density at radius 2 is 1.88 bits per heavy atom. The zero-order valence-electron chi connectivity index (χ0n) is 13.4. The monoisotopic (exact) mass is 422 g/mol. The highest BCUT2D eigenvalue weighted by molar-refractivity contribution is 9.10. The van der Waals surface area contributed by atoms with Crippen LogP contribution in [-0.4, -0.2) is 18.9 Å². The molecule has 0 bridgehead atoms. The molecular formula is C18H16BrClN2O3. The van der Waals surface area contributed by atoms with Gasteiger partial charge in [0.05, 0.1) is 12.7 Å². The van der Waals surface area contributed by atoms with Crippen LogP contribution in [0.4, 0.5) is 0 Å². The van der Waals surface area contributed by atoms with Gasteiger partial charge in [-0.05, 0) is 48.2 Å². The Morgan fingerprint density at radius 1 is 1.16 bits per heavy atom. The molecule has 2 unspecified atom stereocenters. The Kier molecular flexibility index (Phi) is 5.30. The molecule has 0 aromatic heterocycles. The van der Waals surface area contributed by atoms with Gasteiger partial charge < -0.3 is 4.74 Å². The summed E-state index contributed by atoms with van der Waals surface area (Å²) >= 11 is 9.27. The van der Waals surface area contributed by atoms with Crippen molar-refractivity contribution in [1.29, 1.82) is 0 Å². The first-order valence-electron chi connectivity index (χ1n) is 7.69. The van der Waals surface area contributed by atoms with Crippen molar-refractivity contribution in [2.45, 2.75) is 12.3 Å². The summed E-state index contributed by atoms with van der Waals surface area (Å²) in [7, 11) is 1.45. The molecule has 130 valence electrons. The summed E-state index contributed by atoms with van der Waals surface area (Å²) in [5.74, 6) is -0.251. The normalized spacial score (nSPS) is 18.4. The Balaban J connectivity index is 1.56. The summed E-state index contributed by atoms with van der Waals surface area (Å²) in [6, 6.07) is 12.6. The summed E-state index contributed by atoms with van der Waals surface area (Å²) in [5.41, 5.74) is 6.33. The maximum atomic E-state index is 12.2. The van der Waals surface area contributed by atoms with Crippen molar-refractivity contribution in [2.75, 3.05) is 7.11 Å². The van der Waals surface area contributed by atoms with E-state index in [-0.39, 0.29) is 17.7 Å². The Morgan fingerprint density at radius 3 is 2.56 bits per heavy atom. The average molecular weight is 424 g/mol. The third-order valence-corrected chi connectivity index (χ3v) is 4.90. The van der Waals surface area contributed by atoms with Crippen LogP contribution in [0.25, 0.3) is 0 Å². The lowest BCUT2D eigenvalue weighted by Crippen LogP contribution is -2.42. The van der Waals surface area contributed by atoms with Gasteiger partial charge in [-0.3, -0.25) is 20.4 Å². The van der Waals surface area contributed by atoms with Crippen molar-refractivity contribution in [2.24, 2.45) is 5.92 Å². The molecular weight excluding hydrogens is 408 g/mol. The number of ether oxygens (including phenoxy) is 1. The van der Waals surface area contributed by atoms with Gasteiger partial charge in [-0.15, -0.1) is 0 Å². The molecule has 0 saturated heterocycles. The van der Waals surface area contributed by atoms with Gasteiger partial charge in [-0.2, -0.15) is 0 Å². The molecule has 3 rings (SSSR count). The van der Waals surface area contributed by atoms with Crippen molar-refractivity contribution in [3.63, 3.8) is 0 Å². The summed E-state index contributed by atoms with van der Waals surface area (Å²) in [4.78, 5) is 24.4. The second-order valence-electron chi connectivity index (χ2n) is 5.79. The third kappa shape index (κ3) is 4.14. The number of carbonyl (C=O) groups is 2. The van der Waals surface area contributed by atoms with Crippen LogP contribution >= 0.6 is 27.5 Å². The number of hydrogen-bond acceptors (Lipinski definition) is 3. The fraction of sp³-hybridized carbons (Fsp3) is 0.222. The molecule has 2 aromatic rings. The molecule has 0 radical (unpaired) electrons. The fourth-order valence-corrected chi connectivity index (χ4v) is 3.12. The largest absolute Gasteiger partial charge is 0.496 e.